The monoisotopic (exact) mass is 462 g/mol. The number of carbonyl (C=O) groups excluding carboxylic acids is 2. The van der Waals surface area contributed by atoms with Crippen LogP contribution in [0.15, 0.2) is 17.5 Å². The predicted octanol–water partition coefficient (Wildman–Crippen LogP) is 4.69. The van der Waals surface area contributed by atoms with Crippen LogP contribution in [0.25, 0.3) is 0 Å². The highest BCUT2D eigenvalue weighted by molar-refractivity contribution is 8.00. The van der Waals surface area contributed by atoms with Gasteiger partial charge in [-0.2, -0.15) is 5.10 Å². The van der Waals surface area contributed by atoms with Crippen LogP contribution < -0.4 is 10.2 Å². The molecular weight excluding hydrogens is 428 g/mol. The summed E-state index contributed by atoms with van der Waals surface area (Å²) < 4.78 is 1.95. The molecule has 1 aliphatic heterocycles. The fourth-order valence-corrected chi connectivity index (χ4v) is 5.89. The molecule has 0 spiro atoms. The molecule has 6 nitrogen and oxygen atoms in total. The Balaban J connectivity index is 2.28. The van der Waals surface area contributed by atoms with Crippen LogP contribution in [0.5, 0.6) is 0 Å². The number of rotatable bonds is 4. The van der Waals surface area contributed by atoms with Crippen molar-refractivity contribution in [1.82, 2.24) is 15.1 Å². The number of hydrogen-bond acceptors (Lipinski definition) is 5. The molecule has 0 fully saturated rings. The second-order valence-electron chi connectivity index (χ2n) is 10.3. The van der Waals surface area contributed by atoms with Crippen molar-refractivity contribution in [1.29, 1.82) is 0 Å². The third kappa shape index (κ3) is 5.00. The third-order valence-corrected chi connectivity index (χ3v) is 7.31. The van der Waals surface area contributed by atoms with Gasteiger partial charge in [-0.15, -0.1) is 23.1 Å². The van der Waals surface area contributed by atoms with E-state index in [0.717, 1.165) is 17.1 Å². The molecule has 0 aliphatic carbocycles. The van der Waals surface area contributed by atoms with Crippen LogP contribution >= 0.6 is 23.1 Å². The Morgan fingerprint density at radius 3 is 2.45 bits per heavy atom. The molecule has 2 amide bonds. The van der Waals surface area contributed by atoms with Crippen LogP contribution in [0.4, 0.5) is 5.82 Å². The number of nitrogens with zero attached hydrogens (tertiary/aromatic N) is 3. The van der Waals surface area contributed by atoms with Gasteiger partial charge < -0.3 is 5.32 Å². The highest BCUT2D eigenvalue weighted by Gasteiger charge is 2.41. The Morgan fingerprint density at radius 2 is 1.94 bits per heavy atom. The second kappa shape index (κ2) is 8.62. The lowest BCUT2D eigenvalue weighted by Crippen LogP contribution is -2.45. The molecule has 3 heterocycles. The summed E-state index contributed by atoms with van der Waals surface area (Å²) in [7, 11) is 0. The quantitative estimate of drug-likeness (QED) is 0.716. The Bertz CT molecular complexity index is 950. The summed E-state index contributed by atoms with van der Waals surface area (Å²) in [5.41, 5.74) is 1.47. The van der Waals surface area contributed by atoms with Gasteiger partial charge >= 0.3 is 0 Å². The number of thioether (sulfide) groups is 1. The molecule has 8 heteroatoms. The number of anilines is 1. The molecule has 1 atom stereocenters. The first kappa shape index (κ1) is 23.9. The number of thiophene rings is 1. The fraction of sp³-hybridized carbons (Fsp3) is 0.609. The first-order valence-electron chi connectivity index (χ1n) is 10.7. The highest BCUT2D eigenvalue weighted by atomic mass is 32.2. The second-order valence-corrected chi connectivity index (χ2v) is 12.4. The molecule has 3 rings (SSSR count). The van der Waals surface area contributed by atoms with E-state index in [1.165, 1.54) is 4.88 Å². The normalized spacial score (nSPS) is 17.6. The summed E-state index contributed by atoms with van der Waals surface area (Å²) in [6.45, 7) is 16.6. The van der Waals surface area contributed by atoms with Gasteiger partial charge in [0.15, 0.2) is 0 Å². The minimum Gasteiger partial charge on any atom is -0.352 e. The van der Waals surface area contributed by atoms with Crippen molar-refractivity contribution >= 4 is 40.7 Å². The maximum atomic E-state index is 13.3. The summed E-state index contributed by atoms with van der Waals surface area (Å²) in [5.74, 6) is 0.854. The van der Waals surface area contributed by atoms with E-state index in [4.69, 9.17) is 5.10 Å². The van der Waals surface area contributed by atoms with Crippen LogP contribution in [-0.4, -0.2) is 39.9 Å². The molecule has 1 aliphatic rings. The lowest BCUT2D eigenvalue weighted by molar-refractivity contribution is -0.123. The van der Waals surface area contributed by atoms with E-state index >= 15 is 0 Å². The lowest BCUT2D eigenvalue weighted by Gasteiger charge is -2.29. The summed E-state index contributed by atoms with van der Waals surface area (Å²) in [6.07, 6.45) is 0. The average molecular weight is 463 g/mol. The molecule has 2 aromatic heterocycles. The van der Waals surface area contributed by atoms with E-state index in [9.17, 15) is 9.59 Å². The lowest BCUT2D eigenvalue weighted by atomic mass is 9.88. The summed E-state index contributed by atoms with van der Waals surface area (Å²) >= 11 is 3.32. The molecule has 1 unspecified atom stereocenters. The zero-order valence-corrected chi connectivity index (χ0v) is 21.4. The van der Waals surface area contributed by atoms with Gasteiger partial charge in [0.05, 0.1) is 22.2 Å². The van der Waals surface area contributed by atoms with Crippen LogP contribution in [0.1, 0.15) is 76.8 Å². The van der Waals surface area contributed by atoms with Crippen molar-refractivity contribution in [2.24, 2.45) is 0 Å². The van der Waals surface area contributed by atoms with E-state index in [-0.39, 0.29) is 40.6 Å². The largest absolute Gasteiger partial charge is 0.352 e. The maximum absolute atomic E-state index is 13.3. The third-order valence-electron chi connectivity index (χ3n) is 4.99. The molecule has 0 aromatic carbocycles. The van der Waals surface area contributed by atoms with Crippen LogP contribution in [0, 0.1) is 0 Å². The molecule has 170 valence electrons. The van der Waals surface area contributed by atoms with E-state index in [1.807, 2.05) is 24.6 Å². The van der Waals surface area contributed by atoms with Crippen molar-refractivity contribution in [2.75, 3.05) is 17.2 Å². The molecular formula is C23H34N4O2S2. The Hall–Kier alpha value is -1.80. The summed E-state index contributed by atoms with van der Waals surface area (Å²) in [6, 6.07) is 4.18. The highest BCUT2D eigenvalue weighted by Crippen LogP contribution is 2.49. The number of fused-ring (bicyclic) bond motifs is 1. The summed E-state index contributed by atoms with van der Waals surface area (Å²) in [5, 5.41) is 10.1. The number of carbonyl (C=O) groups is 2. The molecule has 0 saturated carbocycles. The van der Waals surface area contributed by atoms with E-state index in [0.29, 0.717) is 5.75 Å². The number of aromatic nitrogens is 2. The van der Waals surface area contributed by atoms with Gasteiger partial charge in [-0.1, -0.05) is 26.8 Å². The van der Waals surface area contributed by atoms with Gasteiger partial charge in [-0.3, -0.25) is 14.5 Å². The molecule has 31 heavy (non-hydrogen) atoms. The minimum atomic E-state index is -0.352. The standard InChI is InChI=1S/C23H34N4O2S2/c1-14(2)24-16(28)12-26-17(29)13-31-19(15-10-9-11-30-15)18-20(22(3,4)5)25-27(21(18)26)23(6,7)8/h9-11,14,19H,12-13H2,1-8H3,(H,24,28). The van der Waals surface area contributed by atoms with E-state index in [2.05, 4.69) is 58.3 Å². The number of amides is 2. The van der Waals surface area contributed by atoms with Crippen LogP contribution in [0.3, 0.4) is 0 Å². The van der Waals surface area contributed by atoms with Gasteiger partial charge in [0.1, 0.15) is 12.4 Å². The van der Waals surface area contributed by atoms with Crippen molar-refractivity contribution in [3.8, 4) is 0 Å². The van der Waals surface area contributed by atoms with Crippen LogP contribution in [0.2, 0.25) is 0 Å². The fourth-order valence-electron chi connectivity index (χ4n) is 3.72. The van der Waals surface area contributed by atoms with E-state index in [1.54, 1.807) is 28.0 Å². The average Bonchev–Trinajstić information content (AvgIpc) is 3.24. The van der Waals surface area contributed by atoms with Crippen molar-refractivity contribution in [3.05, 3.63) is 33.6 Å². The smallest absolute Gasteiger partial charge is 0.240 e. The first-order chi connectivity index (χ1) is 14.3. The molecule has 2 aromatic rings. The van der Waals surface area contributed by atoms with Crippen molar-refractivity contribution in [2.45, 2.75) is 77.6 Å². The SMILES string of the molecule is CC(C)NC(=O)CN1C(=O)CSC(c2cccs2)c2c(C(C)(C)C)nn(C(C)(C)C)c21. The van der Waals surface area contributed by atoms with Gasteiger partial charge in [0, 0.05) is 21.9 Å². The zero-order chi connectivity index (χ0) is 23.1. The number of hydrogen-bond donors (Lipinski definition) is 1. The Kier molecular flexibility index (Phi) is 6.63. The van der Waals surface area contributed by atoms with Crippen molar-refractivity contribution < 1.29 is 9.59 Å². The van der Waals surface area contributed by atoms with E-state index < -0.39 is 0 Å². The molecule has 0 bridgehead atoms. The predicted molar refractivity (Wildman–Crippen MR) is 130 cm³/mol. The van der Waals surface area contributed by atoms with Gasteiger partial charge in [-0.25, -0.2) is 4.68 Å². The number of nitrogens with one attached hydrogen (secondary N) is 1. The van der Waals surface area contributed by atoms with Gasteiger partial charge in [-0.05, 0) is 46.1 Å². The maximum Gasteiger partial charge on any atom is 0.240 e. The summed E-state index contributed by atoms with van der Waals surface area (Å²) in [4.78, 5) is 28.9. The van der Waals surface area contributed by atoms with Gasteiger partial charge in [0.25, 0.3) is 0 Å². The molecule has 0 saturated heterocycles. The topological polar surface area (TPSA) is 67.2 Å². The zero-order valence-electron chi connectivity index (χ0n) is 19.8. The Labute approximate surface area is 193 Å². The first-order valence-corrected chi connectivity index (χ1v) is 12.6. The van der Waals surface area contributed by atoms with Crippen molar-refractivity contribution in [3.63, 3.8) is 0 Å². The van der Waals surface area contributed by atoms with Gasteiger partial charge in [0.2, 0.25) is 11.8 Å². The van der Waals surface area contributed by atoms with Crippen LogP contribution in [-0.2, 0) is 20.5 Å². The molecule has 1 N–H and O–H groups in total. The molecule has 0 radical (unpaired) electrons. The minimum absolute atomic E-state index is 0.00225. The Morgan fingerprint density at radius 1 is 1.26 bits per heavy atom.